The van der Waals surface area contributed by atoms with Crippen LogP contribution in [0.15, 0.2) is 53.2 Å². The molecule has 10 nitrogen and oxygen atoms in total. The first-order chi connectivity index (χ1) is 16.9. The number of carboxylic acid groups (broad SMARTS) is 1. The summed E-state index contributed by atoms with van der Waals surface area (Å²) >= 11 is 0. The number of nitrogens with two attached hydrogens (primary N) is 1. The lowest BCUT2D eigenvalue weighted by molar-refractivity contribution is -0.144. The molecule has 10 heteroatoms. The molecular weight excluding hydrogens is 448 g/mol. The Hall–Kier alpha value is -3.81. The number of piperidine rings is 1. The van der Waals surface area contributed by atoms with E-state index < -0.39 is 24.0 Å². The van der Waals surface area contributed by atoms with Crippen LogP contribution in [0.4, 0.5) is 10.5 Å². The van der Waals surface area contributed by atoms with Gasteiger partial charge in [-0.25, -0.2) is 15.2 Å². The first-order valence-corrected chi connectivity index (χ1v) is 11.4. The number of amidine groups is 1. The Kier molecular flexibility index (Phi) is 8.89. The number of hydrazine groups is 1. The van der Waals surface area contributed by atoms with Gasteiger partial charge in [-0.2, -0.15) is 0 Å². The number of likely N-dealkylation sites (tertiary alicyclic amines) is 1. The third-order valence-corrected chi connectivity index (χ3v) is 6.08. The number of nitrogens with zero attached hydrogens (tertiary/aromatic N) is 3. The molecule has 1 aromatic rings. The third kappa shape index (κ3) is 6.62. The molecule has 3 rings (SSSR count). The zero-order valence-electron chi connectivity index (χ0n) is 19.9. The van der Waals surface area contributed by atoms with Gasteiger partial charge in [-0.1, -0.05) is 24.6 Å². The highest BCUT2D eigenvalue weighted by Gasteiger charge is 2.36. The fraction of sp³-hybridized carbons (Fsp3) is 0.400. The Morgan fingerprint density at radius 3 is 2.91 bits per heavy atom. The Bertz CT molecular complexity index is 1060. The van der Waals surface area contributed by atoms with Crippen LogP contribution in [0.5, 0.6) is 0 Å². The lowest BCUT2D eigenvalue weighted by atomic mass is 9.91. The van der Waals surface area contributed by atoms with Gasteiger partial charge < -0.3 is 25.9 Å². The summed E-state index contributed by atoms with van der Waals surface area (Å²) in [6.45, 7) is 5.74. The number of amides is 1. The predicted molar refractivity (Wildman–Crippen MR) is 134 cm³/mol. The van der Waals surface area contributed by atoms with Crippen molar-refractivity contribution in [3.8, 4) is 12.3 Å². The van der Waals surface area contributed by atoms with E-state index in [9.17, 15) is 14.7 Å². The SMILES string of the molecule is C#Cc1cccc(N=C(N)C2=C(CN3CCC(NC(=O)OCC=C)C(C(=O)O)C3)CCN2NC)c1. The lowest BCUT2D eigenvalue weighted by Crippen LogP contribution is -2.54. The standard InChI is InChI=1S/C25H32N6O4/c1-4-13-35-25(34)29-21-10-11-30(16-20(21)24(32)33)15-18-9-12-31(27-3)22(18)23(26)28-19-8-6-7-17(5-2)14-19/h2,4,6-8,14,20-21,27H,1,9-13,15-16H2,3H3,(H2,26,28)(H,29,34)(H,32,33). The van der Waals surface area contributed by atoms with Crippen molar-refractivity contribution in [2.24, 2.45) is 16.6 Å². The molecule has 2 atom stereocenters. The topological polar surface area (TPSA) is 133 Å². The van der Waals surface area contributed by atoms with Gasteiger partial charge in [0.1, 0.15) is 12.4 Å². The Balaban J connectivity index is 1.76. The van der Waals surface area contributed by atoms with Crippen molar-refractivity contribution < 1.29 is 19.4 Å². The average molecular weight is 481 g/mol. The summed E-state index contributed by atoms with van der Waals surface area (Å²) in [7, 11) is 1.82. The van der Waals surface area contributed by atoms with E-state index in [1.54, 1.807) is 6.07 Å². The number of carbonyl (C=O) groups is 2. The number of hydrogen-bond donors (Lipinski definition) is 4. The van der Waals surface area contributed by atoms with Crippen LogP contribution in [-0.4, -0.2) is 78.8 Å². The van der Waals surface area contributed by atoms with Crippen molar-refractivity contribution in [2.45, 2.75) is 18.9 Å². The molecule has 1 aromatic carbocycles. The van der Waals surface area contributed by atoms with Gasteiger partial charge >= 0.3 is 12.1 Å². The van der Waals surface area contributed by atoms with E-state index in [0.29, 0.717) is 37.6 Å². The van der Waals surface area contributed by atoms with Crippen LogP contribution in [0.3, 0.4) is 0 Å². The van der Waals surface area contributed by atoms with Gasteiger partial charge in [0.05, 0.1) is 17.3 Å². The number of rotatable bonds is 9. The normalized spacial score (nSPS) is 20.9. The predicted octanol–water partition coefficient (Wildman–Crippen LogP) is 1.44. The summed E-state index contributed by atoms with van der Waals surface area (Å²) in [5.41, 5.74) is 12.8. The fourth-order valence-electron chi connectivity index (χ4n) is 4.41. The first kappa shape index (κ1) is 25.8. The maximum absolute atomic E-state index is 12.0. The highest BCUT2D eigenvalue weighted by atomic mass is 16.5. The number of alkyl carbamates (subject to hydrolysis) is 1. The minimum absolute atomic E-state index is 0.0668. The van der Waals surface area contributed by atoms with Gasteiger partial charge in [-0.15, -0.1) is 6.42 Å². The van der Waals surface area contributed by atoms with Crippen LogP contribution < -0.4 is 16.5 Å². The molecule has 0 radical (unpaired) electrons. The quantitative estimate of drug-likeness (QED) is 0.181. The van der Waals surface area contributed by atoms with Crippen molar-refractivity contribution in [2.75, 3.05) is 39.8 Å². The summed E-state index contributed by atoms with van der Waals surface area (Å²) in [6.07, 6.45) is 7.56. The van der Waals surface area contributed by atoms with Crippen molar-refractivity contribution >= 4 is 23.6 Å². The Labute approximate surface area is 205 Å². The van der Waals surface area contributed by atoms with Gasteiger partial charge in [-0.3, -0.25) is 9.69 Å². The highest BCUT2D eigenvalue weighted by Crippen LogP contribution is 2.26. The number of carboxylic acids is 1. The van der Waals surface area contributed by atoms with Crippen LogP contribution in [0.1, 0.15) is 18.4 Å². The van der Waals surface area contributed by atoms with E-state index in [-0.39, 0.29) is 6.61 Å². The van der Waals surface area contributed by atoms with Crippen LogP contribution in [-0.2, 0) is 9.53 Å². The van der Waals surface area contributed by atoms with Gasteiger partial charge in [0.15, 0.2) is 0 Å². The van der Waals surface area contributed by atoms with Crippen molar-refractivity contribution in [3.63, 3.8) is 0 Å². The fourth-order valence-corrected chi connectivity index (χ4v) is 4.41. The molecule has 35 heavy (non-hydrogen) atoms. The maximum atomic E-state index is 12.0. The number of benzene rings is 1. The molecule has 0 aliphatic carbocycles. The summed E-state index contributed by atoms with van der Waals surface area (Å²) in [4.78, 5) is 30.5. The van der Waals surface area contributed by atoms with Crippen molar-refractivity contribution in [1.29, 1.82) is 0 Å². The summed E-state index contributed by atoms with van der Waals surface area (Å²) in [5, 5.41) is 14.4. The second-order valence-corrected chi connectivity index (χ2v) is 8.38. The molecule has 186 valence electrons. The number of carbonyl (C=O) groups excluding carboxylic acids is 1. The molecule has 2 unspecified atom stereocenters. The molecular formula is C25H32N6O4. The largest absolute Gasteiger partial charge is 0.481 e. The minimum atomic E-state index is -0.962. The smallest absolute Gasteiger partial charge is 0.407 e. The number of aliphatic carboxylic acids is 1. The summed E-state index contributed by atoms with van der Waals surface area (Å²) in [6, 6.07) is 6.77. The third-order valence-electron chi connectivity index (χ3n) is 6.08. The van der Waals surface area contributed by atoms with Gasteiger partial charge in [0.2, 0.25) is 0 Å². The second-order valence-electron chi connectivity index (χ2n) is 8.38. The zero-order valence-corrected chi connectivity index (χ0v) is 19.9. The molecule has 0 aromatic heterocycles. The van der Waals surface area contributed by atoms with Crippen molar-refractivity contribution in [1.82, 2.24) is 20.7 Å². The molecule has 0 spiro atoms. The van der Waals surface area contributed by atoms with Crippen LogP contribution in [0, 0.1) is 18.3 Å². The Morgan fingerprint density at radius 1 is 1.43 bits per heavy atom. The Morgan fingerprint density at radius 2 is 2.23 bits per heavy atom. The van der Waals surface area contributed by atoms with E-state index >= 15 is 0 Å². The van der Waals surface area contributed by atoms with Crippen LogP contribution in [0.2, 0.25) is 0 Å². The highest BCUT2D eigenvalue weighted by molar-refractivity contribution is 5.99. The van der Waals surface area contributed by atoms with Crippen molar-refractivity contribution in [3.05, 3.63) is 53.8 Å². The van der Waals surface area contributed by atoms with Crippen LogP contribution in [0.25, 0.3) is 0 Å². The molecule has 2 aliphatic heterocycles. The monoisotopic (exact) mass is 480 g/mol. The van der Waals surface area contributed by atoms with Crippen LogP contribution >= 0.6 is 0 Å². The molecule has 0 saturated carbocycles. The van der Waals surface area contributed by atoms with Gasteiger partial charge in [-0.05, 0) is 36.6 Å². The van der Waals surface area contributed by atoms with Gasteiger partial charge in [0.25, 0.3) is 0 Å². The molecule has 2 heterocycles. The number of hydrogen-bond acceptors (Lipinski definition) is 7. The zero-order chi connectivity index (χ0) is 25.4. The molecule has 2 aliphatic rings. The summed E-state index contributed by atoms with van der Waals surface area (Å²) in [5.74, 6) is 1.23. The average Bonchev–Trinajstić information content (AvgIpc) is 3.26. The van der Waals surface area contributed by atoms with E-state index in [0.717, 1.165) is 29.8 Å². The first-order valence-electron chi connectivity index (χ1n) is 11.4. The minimum Gasteiger partial charge on any atom is -0.481 e. The molecule has 5 N–H and O–H groups in total. The molecule has 1 amide bonds. The molecule has 1 saturated heterocycles. The van der Waals surface area contributed by atoms with E-state index in [1.165, 1.54) is 6.08 Å². The molecule has 1 fully saturated rings. The second kappa shape index (κ2) is 12.1. The van der Waals surface area contributed by atoms with E-state index in [1.807, 2.05) is 30.3 Å². The number of ether oxygens (including phenoxy) is 1. The molecule has 0 bridgehead atoms. The number of aliphatic imine (C=N–C) groups is 1. The maximum Gasteiger partial charge on any atom is 0.407 e. The van der Waals surface area contributed by atoms with E-state index in [4.69, 9.17) is 16.9 Å². The summed E-state index contributed by atoms with van der Waals surface area (Å²) < 4.78 is 4.95. The number of terminal acetylenes is 1. The van der Waals surface area contributed by atoms with E-state index in [2.05, 4.69) is 33.1 Å². The number of nitrogens with one attached hydrogen (secondary N) is 2. The lowest BCUT2D eigenvalue weighted by Gasteiger charge is -2.37. The van der Waals surface area contributed by atoms with Gasteiger partial charge in [0, 0.05) is 44.8 Å².